The maximum Gasteiger partial charge on any atom is 0.340 e. The highest BCUT2D eigenvalue weighted by atomic mass is 16.5. The largest absolute Gasteiger partial charge is 0.452 e. The van der Waals surface area contributed by atoms with Crippen LogP contribution in [0.1, 0.15) is 35.3 Å². The van der Waals surface area contributed by atoms with Crippen LogP contribution < -0.4 is 5.32 Å². The van der Waals surface area contributed by atoms with E-state index < -0.39 is 5.97 Å². The van der Waals surface area contributed by atoms with E-state index in [-0.39, 0.29) is 12.5 Å². The molecule has 0 aliphatic rings. The first-order chi connectivity index (χ1) is 13.0. The van der Waals surface area contributed by atoms with Gasteiger partial charge in [0.05, 0.1) is 5.56 Å². The van der Waals surface area contributed by atoms with Crippen LogP contribution >= 0.6 is 0 Å². The van der Waals surface area contributed by atoms with E-state index in [0.29, 0.717) is 5.56 Å². The molecule has 140 valence electrons. The van der Waals surface area contributed by atoms with Crippen molar-refractivity contribution >= 4 is 28.5 Å². The van der Waals surface area contributed by atoms with Crippen LogP contribution in [0.15, 0.2) is 48.7 Å². The molecule has 1 aromatic heterocycles. The zero-order valence-electron chi connectivity index (χ0n) is 15.9. The molecule has 27 heavy (non-hydrogen) atoms. The highest BCUT2D eigenvalue weighted by molar-refractivity contribution is 6.05. The van der Waals surface area contributed by atoms with Crippen molar-refractivity contribution in [3.63, 3.8) is 0 Å². The molecule has 0 fully saturated rings. The Morgan fingerprint density at radius 2 is 1.67 bits per heavy atom. The quantitative estimate of drug-likeness (QED) is 0.670. The fourth-order valence-electron chi connectivity index (χ4n) is 3.29. The number of nitrogens with zero attached hydrogens (tertiary/aromatic N) is 1. The number of rotatable bonds is 6. The number of esters is 1. The van der Waals surface area contributed by atoms with Gasteiger partial charge in [0.2, 0.25) is 0 Å². The van der Waals surface area contributed by atoms with E-state index in [1.54, 1.807) is 6.20 Å². The average Bonchev–Trinajstić information content (AvgIpc) is 3.03. The highest BCUT2D eigenvalue weighted by Crippen LogP contribution is 2.23. The van der Waals surface area contributed by atoms with Gasteiger partial charge in [-0.15, -0.1) is 0 Å². The molecule has 0 aliphatic heterocycles. The minimum atomic E-state index is -0.499. The summed E-state index contributed by atoms with van der Waals surface area (Å²) < 4.78 is 7.14. The Hall–Kier alpha value is -3.08. The first-order valence-electron chi connectivity index (χ1n) is 9.16. The number of fused-ring (bicyclic) bond motifs is 1. The van der Waals surface area contributed by atoms with Gasteiger partial charge in [-0.3, -0.25) is 4.79 Å². The molecule has 0 aliphatic carbocycles. The van der Waals surface area contributed by atoms with Crippen LogP contribution in [0.25, 0.3) is 10.9 Å². The van der Waals surface area contributed by atoms with Gasteiger partial charge in [0.25, 0.3) is 5.91 Å². The van der Waals surface area contributed by atoms with Crippen molar-refractivity contribution in [2.24, 2.45) is 7.05 Å². The van der Waals surface area contributed by atoms with E-state index in [9.17, 15) is 9.59 Å². The average molecular weight is 364 g/mol. The third kappa shape index (κ3) is 3.87. The molecule has 1 heterocycles. The molecule has 5 heteroatoms. The zero-order valence-corrected chi connectivity index (χ0v) is 15.9. The lowest BCUT2D eigenvalue weighted by atomic mass is 10.0. The van der Waals surface area contributed by atoms with Gasteiger partial charge in [0.15, 0.2) is 6.61 Å². The molecular formula is C22H24N2O3. The Morgan fingerprint density at radius 1 is 1.00 bits per heavy atom. The maximum absolute atomic E-state index is 12.5. The SMILES string of the molecule is CCc1cccc(CC)c1NC(=O)COC(=O)c1cn(C)c2ccccc12. The van der Waals surface area contributed by atoms with Crippen LogP contribution in [-0.2, 0) is 29.4 Å². The van der Waals surface area contributed by atoms with E-state index in [2.05, 4.69) is 5.32 Å². The fraction of sp³-hybridized carbons (Fsp3) is 0.273. The number of hydrogen-bond donors (Lipinski definition) is 1. The van der Waals surface area contributed by atoms with Gasteiger partial charge in [-0.25, -0.2) is 4.79 Å². The number of anilines is 1. The molecule has 2 aromatic carbocycles. The molecule has 5 nitrogen and oxygen atoms in total. The molecular weight excluding hydrogens is 340 g/mol. The first kappa shape index (κ1) is 18.7. The summed E-state index contributed by atoms with van der Waals surface area (Å²) in [6.07, 6.45) is 3.37. The summed E-state index contributed by atoms with van der Waals surface area (Å²) >= 11 is 0. The third-order valence-electron chi connectivity index (χ3n) is 4.71. The molecule has 0 saturated heterocycles. The zero-order chi connectivity index (χ0) is 19.4. The molecule has 0 unspecified atom stereocenters. The number of benzene rings is 2. The second kappa shape index (κ2) is 8.08. The monoisotopic (exact) mass is 364 g/mol. The third-order valence-corrected chi connectivity index (χ3v) is 4.71. The van der Waals surface area contributed by atoms with Crippen molar-refractivity contribution in [1.82, 2.24) is 4.57 Å². The molecule has 0 radical (unpaired) electrons. The number of amides is 1. The fourth-order valence-corrected chi connectivity index (χ4v) is 3.29. The van der Waals surface area contributed by atoms with Crippen LogP contribution in [0, 0.1) is 0 Å². The minimum absolute atomic E-state index is 0.316. The lowest BCUT2D eigenvalue weighted by Crippen LogP contribution is -2.22. The van der Waals surface area contributed by atoms with Crippen LogP contribution in [0.3, 0.4) is 0 Å². The lowest BCUT2D eigenvalue weighted by molar-refractivity contribution is -0.119. The van der Waals surface area contributed by atoms with Gasteiger partial charge in [0.1, 0.15) is 0 Å². The number of carbonyl (C=O) groups excluding carboxylic acids is 2. The Bertz CT molecular complexity index is 966. The Labute approximate surface area is 158 Å². The van der Waals surface area contributed by atoms with Crippen LogP contribution in [0.2, 0.25) is 0 Å². The molecule has 3 aromatic rings. The van der Waals surface area contributed by atoms with Gasteiger partial charge in [-0.1, -0.05) is 50.2 Å². The van der Waals surface area contributed by atoms with E-state index in [1.165, 1.54) is 0 Å². The van der Waals surface area contributed by atoms with Gasteiger partial charge in [-0.05, 0) is 30.0 Å². The number of hydrogen-bond acceptors (Lipinski definition) is 3. The normalized spacial score (nSPS) is 10.8. The van der Waals surface area contributed by atoms with Crippen molar-refractivity contribution in [3.8, 4) is 0 Å². The Kier molecular flexibility index (Phi) is 5.60. The summed E-state index contributed by atoms with van der Waals surface area (Å²) in [7, 11) is 1.87. The van der Waals surface area contributed by atoms with Gasteiger partial charge < -0.3 is 14.6 Å². The van der Waals surface area contributed by atoms with Crippen LogP contribution in [0.5, 0.6) is 0 Å². The summed E-state index contributed by atoms with van der Waals surface area (Å²) in [6, 6.07) is 13.6. The standard InChI is InChI=1S/C22H24N2O3/c1-4-15-9-8-10-16(5-2)21(15)23-20(25)14-27-22(26)18-13-24(3)19-12-7-6-11-17(18)19/h6-13H,4-5,14H2,1-3H3,(H,23,25). The second-order valence-corrected chi connectivity index (χ2v) is 6.45. The molecule has 1 N–H and O–H groups in total. The Morgan fingerprint density at radius 3 is 2.33 bits per heavy atom. The summed E-state index contributed by atoms with van der Waals surface area (Å²) in [5, 5.41) is 3.72. The maximum atomic E-state index is 12.5. The summed E-state index contributed by atoms with van der Waals surface area (Å²) in [5.41, 5.74) is 4.38. The molecule has 0 bridgehead atoms. The number of aromatic nitrogens is 1. The van der Waals surface area contributed by atoms with E-state index in [0.717, 1.165) is 40.6 Å². The molecule has 0 atom stereocenters. The topological polar surface area (TPSA) is 60.3 Å². The van der Waals surface area contributed by atoms with Crippen molar-refractivity contribution in [2.75, 3.05) is 11.9 Å². The number of nitrogens with one attached hydrogen (secondary N) is 1. The molecule has 0 saturated carbocycles. The van der Waals surface area contributed by atoms with E-state index in [4.69, 9.17) is 4.74 Å². The number of ether oxygens (including phenoxy) is 1. The van der Waals surface area contributed by atoms with Gasteiger partial charge in [0, 0.05) is 29.8 Å². The van der Waals surface area contributed by atoms with Gasteiger partial charge >= 0.3 is 5.97 Å². The van der Waals surface area contributed by atoms with E-state index >= 15 is 0 Å². The van der Waals surface area contributed by atoms with Crippen LogP contribution in [0.4, 0.5) is 5.69 Å². The summed E-state index contributed by atoms with van der Waals surface area (Å²) in [5.74, 6) is -0.833. The van der Waals surface area contributed by atoms with Crippen LogP contribution in [-0.4, -0.2) is 23.1 Å². The smallest absolute Gasteiger partial charge is 0.340 e. The first-order valence-corrected chi connectivity index (χ1v) is 9.16. The molecule has 3 rings (SSSR count). The van der Waals surface area contributed by atoms with Crippen molar-refractivity contribution < 1.29 is 14.3 Å². The highest BCUT2D eigenvalue weighted by Gasteiger charge is 2.17. The summed E-state index contributed by atoms with van der Waals surface area (Å²) in [6.45, 7) is 3.78. The lowest BCUT2D eigenvalue weighted by Gasteiger charge is -2.14. The molecule has 0 spiro atoms. The molecule has 1 amide bonds. The van der Waals surface area contributed by atoms with Crippen molar-refractivity contribution in [1.29, 1.82) is 0 Å². The summed E-state index contributed by atoms with van der Waals surface area (Å²) in [4.78, 5) is 24.8. The van der Waals surface area contributed by atoms with Crippen molar-refractivity contribution in [2.45, 2.75) is 26.7 Å². The predicted octanol–water partition coefficient (Wildman–Crippen LogP) is 4.10. The van der Waals surface area contributed by atoms with Gasteiger partial charge in [-0.2, -0.15) is 0 Å². The minimum Gasteiger partial charge on any atom is -0.452 e. The van der Waals surface area contributed by atoms with Crippen molar-refractivity contribution in [3.05, 3.63) is 65.4 Å². The predicted molar refractivity (Wildman–Crippen MR) is 107 cm³/mol. The Balaban J connectivity index is 1.70. The number of carbonyl (C=O) groups is 2. The second-order valence-electron chi connectivity index (χ2n) is 6.45. The number of para-hydroxylation sites is 2. The number of aryl methyl sites for hydroxylation is 3. The van der Waals surface area contributed by atoms with E-state index in [1.807, 2.05) is 67.9 Å².